The van der Waals surface area contributed by atoms with Gasteiger partial charge >= 0.3 is 0 Å². The molecule has 1 aliphatic heterocycles. The summed E-state index contributed by atoms with van der Waals surface area (Å²) in [6.07, 6.45) is 2.31. The molecule has 0 unspecified atom stereocenters. The summed E-state index contributed by atoms with van der Waals surface area (Å²) in [4.78, 5) is 26.3. The average Bonchev–Trinajstić information content (AvgIpc) is 2.64. The molecule has 7 heteroatoms. The molecule has 26 heavy (non-hydrogen) atoms. The highest BCUT2D eigenvalue weighted by molar-refractivity contribution is 6.31. The Kier molecular flexibility index (Phi) is 4.44. The number of pyridine rings is 1. The first-order valence-corrected chi connectivity index (χ1v) is 8.71. The zero-order chi connectivity index (χ0) is 18.1. The Hall–Kier alpha value is -2.70. The van der Waals surface area contributed by atoms with Gasteiger partial charge in [0.25, 0.3) is 5.56 Å². The summed E-state index contributed by atoms with van der Waals surface area (Å²) in [6, 6.07) is 10.5. The Balaban J connectivity index is 1.61. The first-order chi connectivity index (χ1) is 12.6. The largest absolute Gasteiger partial charge is 0.508 e. The van der Waals surface area contributed by atoms with Gasteiger partial charge in [-0.15, -0.1) is 0 Å². The molecule has 3 aromatic rings. The van der Waals surface area contributed by atoms with E-state index in [0.29, 0.717) is 36.1 Å². The fourth-order valence-electron chi connectivity index (χ4n) is 3.16. The smallest absolute Gasteiger partial charge is 0.254 e. The molecule has 0 amide bonds. The predicted molar refractivity (Wildman–Crippen MR) is 99.0 cm³/mol. The molecule has 2 aromatic heterocycles. The number of halogens is 1. The first-order valence-electron chi connectivity index (χ1n) is 8.33. The van der Waals surface area contributed by atoms with Crippen LogP contribution in [0.5, 0.6) is 5.75 Å². The zero-order valence-electron chi connectivity index (χ0n) is 13.9. The second-order valence-electron chi connectivity index (χ2n) is 6.29. The fraction of sp³-hybridized carbons (Fsp3) is 0.211. The van der Waals surface area contributed by atoms with Crippen LogP contribution in [0.4, 0.5) is 0 Å². The minimum atomic E-state index is -0.0991. The van der Waals surface area contributed by atoms with Crippen LogP contribution in [0.1, 0.15) is 16.8 Å². The number of H-pyrrole nitrogens is 1. The highest BCUT2D eigenvalue weighted by Crippen LogP contribution is 2.25. The molecule has 0 fully saturated rings. The van der Waals surface area contributed by atoms with Gasteiger partial charge in [-0.1, -0.05) is 23.7 Å². The summed E-state index contributed by atoms with van der Waals surface area (Å²) in [6.45, 7) is 1.94. The van der Waals surface area contributed by atoms with Crippen molar-refractivity contribution in [1.29, 1.82) is 0 Å². The molecule has 3 heterocycles. The average molecular weight is 369 g/mol. The quantitative estimate of drug-likeness (QED) is 0.742. The maximum atomic E-state index is 12.4. The zero-order valence-corrected chi connectivity index (χ0v) is 14.7. The molecule has 0 bridgehead atoms. The fourth-order valence-corrected chi connectivity index (χ4v) is 3.39. The molecule has 0 radical (unpaired) electrons. The van der Waals surface area contributed by atoms with E-state index in [4.69, 9.17) is 11.6 Å². The van der Waals surface area contributed by atoms with Crippen LogP contribution in [0, 0.1) is 0 Å². The number of phenolic OH excluding ortho intramolecular Hbond substituents is 1. The van der Waals surface area contributed by atoms with Crippen LogP contribution < -0.4 is 5.56 Å². The minimum Gasteiger partial charge on any atom is -0.508 e. The lowest BCUT2D eigenvalue weighted by atomic mass is 10.1. The second kappa shape index (κ2) is 6.90. The number of aromatic hydroxyl groups is 1. The van der Waals surface area contributed by atoms with Crippen LogP contribution in [-0.2, 0) is 19.5 Å². The number of benzene rings is 1. The summed E-state index contributed by atoms with van der Waals surface area (Å²) in [5.41, 5.74) is 2.99. The molecular weight excluding hydrogens is 352 g/mol. The molecule has 2 N–H and O–H groups in total. The van der Waals surface area contributed by atoms with Crippen LogP contribution in [0.3, 0.4) is 0 Å². The van der Waals surface area contributed by atoms with Crippen molar-refractivity contribution < 1.29 is 5.11 Å². The van der Waals surface area contributed by atoms with Gasteiger partial charge in [0.15, 0.2) is 5.82 Å². The van der Waals surface area contributed by atoms with Gasteiger partial charge in [0.2, 0.25) is 0 Å². The molecule has 0 saturated heterocycles. The molecule has 132 valence electrons. The van der Waals surface area contributed by atoms with Crippen molar-refractivity contribution in [1.82, 2.24) is 19.9 Å². The van der Waals surface area contributed by atoms with Crippen molar-refractivity contribution >= 4 is 11.6 Å². The number of rotatable bonds is 3. The van der Waals surface area contributed by atoms with E-state index < -0.39 is 0 Å². The third-order valence-corrected chi connectivity index (χ3v) is 4.84. The normalized spacial score (nSPS) is 14.2. The van der Waals surface area contributed by atoms with Gasteiger partial charge < -0.3 is 10.1 Å². The van der Waals surface area contributed by atoms with Gasteiger partial charge in [-0.25, -0.2) is 4.98 Å². The standard InChI is InChI=1S/C19H17ClN4O2/c20-15-9-13(25)5-4-12(15)10-24-8-6-14-17(11-24)22-18(23-19(14)26)16-3-1-2-7-21-16/h1-5,7,9,25H,6,8,10-11H2,(H,22,23,26). The first kappa shape index (κ1) is 16.8. The summed E-state index contributed by atoms with van der Waals surface area (Å²) < 4.78 is 0. The van der Waals surface area contributed by atoms with Gasteiger partial charge in [-0.05, 0) is 36.2 Å². The number of nitrogens with zero attached hydrogens (tertiary/aromatic N) is 3. The Bertz CT molecular complexity index is 1000. The van der Waals surface area contributed by atoms with E-state index in [0.717, 1.165) is 23.4 Å². The minimum absolute atomic E-state index is 0.0991. The maximum absolute atomic E-state index is 12.4. The van der Waals surface area contributed by atoms with Gasteiger partial charge in [0.05, 0.1) is 5.69 Å². The van der Waals surface area contributed by atoms with Crippen molar-refractivity contribution in [3.05, 3.63) is 74.8 Å². The van der Waals surface area contributed by atoms with Gasteiger partial charge in [0.1, 0.15) is 11.4 Å². The van der Waals surface area contributed by atoms with Crippen LogP contribution in [0.25, 0.3) is 11.5 Å². The number of fused-ring (bicyclic) bond motifs is 1. The Morgan fingerprint density at radius 2 is 2.15 bits per heavy atom. The Morgan fingerprint density at radius 1 is 1.27 bits per heavy atom. The number of phenols is 1. The van der Waals surface area contributed by atoms with Crippen LogP contribution in [-0.4, -0.2) is 31.5 Å². The van der Waals surface area contributed by atoms with Crippen LogP contribution in [0.15, 0.2) is 47.4 Å². The van der Waals surface area contributed by atoms with E-state index in [9.17, 15) is 9.90 Å². The third-order valence-electron chi connectivity index (χ3n) is 4.49. The lowest BCUT2D eigenvalue weighted by molar-refractivity contribution is 0.240. The second-order valence-corrected chi connectivity index (χ2v) is 6.70. The lowest BCUT2D eigenvalue weighted by Crippen LogP contribution is -2.35. The number of aromatic amines is 1. The van der Waals surface area contributed by atoms with E-state index in [1.165, 1.54) is 6.07 Å². The number of hydrogen-bond donors (Lipinski definition) is 2. The van der Waals surface area contributed by atoms with E-state index in [2.05, 4.69) is 19.9 Å². The van der Waals surface area contributed by atoms with E-state index >= 15 is 0 Å². The highest BCUT2D eigenvalue weighted by Gasteiger charge is 2.22. The van der Waals surface area contributed by atoms with Crippen LogP contribution in [0.2, 0.25) is 5.02 Å². The van der Waals surface area contributed by atoms with Crippen molar-refractivity contribution in [3.8, 4) is 17.3 Å². The van der Waals surface area contributed by atoms with Crippen molar-refractivity contribution in [3.63, 3.8) is 0 Å². The number of aromatic nitrogens is 3. The number of hydrogen-bond acceptors (Lipinski definition) is 5. The molecule has 0 spiro atoms. The summed E-state index contributed by atoms with van der Waals surface area (Å²) in [5.74, 6) is 0.634. The van der Waals surface area contributed by atoms with Gasteiger partial charge in [-0.2, -0.15) is 0 Å². The van der Waals surface area contributed by atoms with Gasteiger partial charge in [-0.3, -0.25) is 14.7 Å². The molecule has 0 aliphatic carbocycles. The predicted octanol–water partition coefficient (Wildman–Crippen LogP) is 2.75. The molecule has 1 aliphatic rings. The maximum Gasteiger partial charge on any atom is 0.254 e. The summed E-state index contributed by atoms with van der Waals surface area (Å²) in [5, 5.41) is 10.0. The van der Waals surface area contributed by atoms with E-state index in [1.807, 2.05) is 24.3 Å². The monoisotopic (exact) mass is 368 g/mol. The SMILES string of the molecule is O=c1[nH]c(-c2ccccn2)nc2c1CCN(Cc1ccc(O)cc1Cl)C2. The van der Waals surface area contributed by atoms with E-state index in [1.54, 1.807) is 12.3 Å². The van der Waals surface area contributed by atoms with Crippen molar-refractivity contribution in [2.24, 2.45) is 0 Å². The summed E-state index contributed by atoms with van der Waals surface area (Å²) >= 11 is 6.21. The van der Waals surface area contributed by atoms with E-state index in [-0.39, 0.29) is 11.3 Å². The molecule has 0 saturated carbocycles. The molecular formula is C19H17ClN4O2. The van der Waals surface area contributed by atoms with Gasteiger partial charge in [0, 0.05) is 36.4 Å². The van der Waals surface area contributed by atoms with Crippen LogP contribution >= 0.6 is 11.6 Å². The Morgan fingerprint density at radius 3 is 2.92 bits per heavy atom. The molecule has 4 rings (SSSR count). The lowest BCUT2D eigenvalue weighted by Gasteiger charge is -2.28. The van der Waals surface area contributed by atoms with Crippen molar-refractivity contribution in [2.45, 2.75) is 19.5 Å². The topological polar surface area (TPSA) is 82.1 Å². The third kappa shape index (κ3) is 3.34. The molecule has 6 nitrogen and oxygen atoms in total. The van der Waals surface area contributed by atoms with Crippen molar-refractivity contribution in [2.75, 3.05) is 6.54 Å². The number of nitrogens with one attached hydrogen (secondary N) is 1. The molecule has 0 atom stereocenters. The Labute approximate surface area is 155 Å². The molecule has 1 aromatic carbocycles. The highest BCUT2D eigenvalue weighted by atomic mass is 35.5. The summed E-state index contributed by atoms with van der Waals surface area (Å²) in [7, 11) is 0.